The van der Waals surface area contributed by atoms with E-state index in [-0.39, 0.29) is 18.2 Å². The van der Waals surface area contributed by atoms with Gasteiger partial charge in [-0.1, -0.05) is 30.0 Å². The Morgan fingerprint density at radius 3 is 2.92 bits per heavy atom. The van der Waals surface area contributed by atoms with Crippen LogP contribution in [0, 0.1) is 6.92 Å². The molecule has 0 spiro atoms. The topological polar surface area (TPSA) is 83.7 Å². The van der Waals surface area contributed by atoms with E-state index in [1.54, 1.807) is 12.3 Å². The van der Waals surface area contributed by atoms with Crippen molar-refractivity contribution in [1.29, 1.82) is 0 Å². The van der Waals surface area contributed by atoms with E-state index in [1.165, 1.54) is 11.8 Å². The predicted octanol–water partition coefficient (Wildman–Crippen LogP) is 2.70. The summed E-state index contributed by atoms with van der Waals surface area (Å²) in [6.07, 6.45) is 1.68. The molecule has 7 heteroatoms. The molecular formula is C17H17N3O3S. The average Bonchev–Trinajstić information content (AvgIpc) is 3.18. The van der Waals surface area contributed by atoms with Gasteiger partial charge in [0, 0.05) is 12.1 Å². The molecule has 6 nitrogen and oxygen atoms in total. The van der Waals surface area contributed by atoms with E-state index in [1.807, 2.05) is 37.3 Å². The number of carbonyl (C=O) groups excluding carboxylic acids is 2. The zero-order valence-electron chi connectivity index (χ0n) is 13.1. The monoisotopic (exact) mass is 343 g/mol. The molecule has 0 saturated carbocycles. The number of aliphatic imine (C=N–C) groups is 1. The first kappa shape index (κ1) is 16.3. The highest BCUT2D eigenvalue weighted by molar-refractivity contribution is 8.15. The molecule has 2 amide bonds. The fourth-order valence-electron chi connectivity index (χ4n) is 2.25. The maximum atomic E-state index is 12.2. The van der Waals surface area contributed by atoms with Crippen molar-refractivity contribution < 1.29 is 14.0 Å². The molecule has 0 bridgehead atoms. The van der Waals surface area contributed by atoms with Crippen molar-refractivity contribution in [3.63, 3.8) is 0 Å². The lowest BCUT2D eigenvalue weighted by atomic mass is 10.2. The molecule has 0 radical (unpaired) electrons. The fraction of sp³-hybridized carbons (Fsp3) is 0.235. The Kier molecular flexibility index (Phi) is 5.00. The van der Waals surface area contributed by atoms with Crippen molar-refractivity contribution in [3.8, 4) is 0 Å². The maximum absolute atomic E-state index is 12.2. The number of thioether (sulfide) groups is 1. The Morgan fingerprint density at radius 2 is 2.17 bits per heavy atom. The number of hydrogen-bond donors (Lipinski definition) is 2. The summed E-state index contributed by atoms with van der Waals surface area (Å²) in [5.74, 6) is 0.334. The number of furan rings is 1. The standard InChI is InChI=1S/C17H17N3O3S/c1-11-5-2-3-7-13(11)19-15(21)9-14-16(22)20-17(24-14)18-10-12-6-4-8-23-12/h2-8,14H,9-10H2,1H3,(H,19,21)(H,18,20,22). The minimum Gasteiger partial charge on any atom is -0.467 e. The number of carbonyl (C=O) groups is 2. The third-order valence-electron chi connectivity index (χ3n) is 3.53. The Balaban J connectivity index is 1.55. The average molecular weight is 343 g/mol. The predicted molar refractivity (Wildman–Crippen MR) is 93.8 cm³/mol. The molecule has 3 rings (SSSR count). The first-order chi connectivity index (χ1) is 11.6. The SMILES string of the molecule is Cc1ccccc1NC(=O)CC1SC(=NCc2ccco2)NC1=O. The van der Waals surface area contributed by atoms with Gasteiger partial charge in [-0.25, -0.2) is 0 Å². The van der Waals surface area contributed by atoms with Gasteiger partial charge < -0.3 is 15.1 Å². The third kappa shape index (κ3) is 4.05. The second-order valence-corrected chi connectivity index (χ2v) is 6.56. The van der Waals surface area contributed by atoms with E-state index in [9.17, 15) is 9.59 Å². The van der Waals surface area contributed by atoms with Gasteiger partial charge in [-0.2, -0.15) is 0 Å². The van der Waals surface area contributed by atoms with Gasteiger partial charge in [-0.3, -0.25) is 14.6 Å². The van der Waals surface area contributed by atoms with Gasteiger partial charge in [0.25, 0.3) is 0 Å². The number of para-hydroxylation sites is 1. The summed E-state index contributed by atoms with van der Waals surface area (Å²) in [5, 5.41) is 5.59. The third-order valence-corrected chi connectivity index (χ3v) is 4.64. The maximum Gasteiger partial charge on any atom is 0.240 e. The Hall–Kier alpha value is -2.54. The van der Waals surface area contributed by atoms with E-state index < -0.39 is 5.25 Å². The van der Waals surface area contributed by atoms with E-state index in [0.717, 1.165) is 17.0 Å². The number of nitrogens with one attached hydrogen (secondary N) is 2. The normalized spacial score (nSPS) is 18.6. The highest BCUT2D eigenvalue weighted by atomic mass is 32.2. The molecule has 1 aliphatic heterocycles. The van der Waals surface area contributed by atoms with Crippen LogP contribution in [0.25, 0.3) is 0 Å². The number of hydrogen-bond acceptors (Lipinski definition) is 5. The Morgan fingerprint density at radius 1 is 1.33 bits per heavy atom. The van der Waals surface area contributed by atoms with Gasteiger partial charge in [-0.15, -0.1) is 0 Å². The van der Waals surface area contributed by atoms with Crippen molar-refractivity contribution in [2.45, 2.75) is 25.1 Å². The number of aryl methyl sites for hydroxylation is 1. The number of amides is 2. The second-order valence-electron chi connectivity index (χ2n) is 5.36. The van der Waals surface area contributed by atoms with Gasteiger partial charge in [0.05, 0.1) is 12.8 Å². The van der Waals surface area contributed by atoms with Gasteiger partial charge in [-0.05, 0) is 30.7 Å². The van der Waals surface area contributed by atoms with Crippen LogP contribution in [-0.4, -0.2) is 22.2 Å². The lowest BCUT2D eigenvalue weighted by molar-refractivity contribution is -0.122. The van der Waals surface area contributed by atoms with Crippen LogP contribution < -0.4 is 10.6 Å². The molecular weight excluding hydrogens is 326 g/mol. The summed E-state index contributed by atoms with van der Waals surface area (Å²) < 4.78 is 5.20. The smallest absolute Gasteiger partial charge is 0.240 e. The highest BCUT2D eigenvalue weighted by Gasteiger charge is 2.32. The zero-order chi connectivity index (χ0) is 16.9. The molecule has 24 heavy (non-hydrogen) atoms. The van der Waals surface area contributed by atoms with Crippen molar-refractivity contribution in [3.05, 3.63) is 54.0 Å². The quantitative estimate of drug-likeness (QED) is 0.874. The molecule has 1 aromatic heterocycles. The molecule has 2 aromatic rings. The molecule has 1 fully saturated rings. The lowest BCUT2D eigenvalue weighted by Crippen LogP contribution is -2.28. The summed E-state index contributed by atoms with van der Waals surface area (Å²) in [7, 11) is 0. The van der Waals surface area contributed by atoms with Crippen LogP contribution in [0.1, 0.15) is 17.7 Å². The van der Waals surface area contributed by atoms with Crippen molar-refractivity contribution in [2.24, 2.45) is 4.99 Å². The summed E-state index contributed by atoms with van der Waals surface area (Å²) in [4.78, 5) is 28.4. The largest absolute Gasteiger partial charge is 0.467 e. The van der Waals surface area contributed by atoms with Crippen molar-refractivity contribution in [2.75, 3.05) is 5.32 Å². The van der Waals surface area contributed by atoms with Crippen LogP contribution in [0.2, 0.25) is 0 Å². The Labute approximate surface area is 143 Å². The number of nitrogens with zero attached hydrogens (tertiary/aromatic N) is 1. The zero-order valence-corrected chi connectivity index (χ0v) is 13.9. The molecule has 2 N–H and O–H groups in total. The van der Waals surface area contributed by atoms with Crippen molar-refractivity contribution in [1.82, 2.24) is 5.32 Å². The van der Waals surface area contributed by atoms with E-state index in [2.05, 4.69) is 15.6 Å². The number of amidine groups is 1. The van der Waals surface area contributed by atoms with E-state index in [0.29, 0.717) is 11.7 Å². The molecule has 1 aliphatic rings. The number of rotatable bonds is 5. The Bertz CT molecular complexity index is 771. The van der Waals surface area contributed by atoms with E-state index in [4.69, 9.17) is 4.42 Å². The molecule has 1 saturated heterocycles. The first-order valence-corrected chi connectivity index (χ1v) is 8.39. The van der Waals surface area contributed by atoms with Crippen LogP contribution >= 0.6 is 11.8 Å². The molecule has 0 aliphatic carbocycles. The summed E-state index contributed by atoms with van der Waals surface area (Å²) in [5.41, 5.74) is 1.74. The molecule has 1 atom stereocenters. The molecule has 2 heterocycles. The van der Waals surface area contributed by atoms with Gasteiger partial charge in [0.2, 0.25) is 11.8 Å². The van der Waals surface area contributed by atoms with Gasteiger partial charge in [0.15, 0.2) is 5.17 Å². The van der Waals surface area contributed by atoms with E-state index >= 15 is 0 Å². The number of anilines is 1. The van der Waals surface area contributed by atoms with Crippen LogP contribution in [-0.2, 0) is 16.1 Å². The minimum atomic E-state index is -0.468. The summed E-state index contributed by atoms with van der Waals surface area (Å²) in [6.45, 7) is 2.28. The molecule has 1 unspecified atom stereocenters. The summed E-state index contributed by atoms with van der Waals surface area (Å²) in [6, 6.07) is 11.1. The van der Waals surface area contributed by atoms with Gasteiger partial charge in [0.1, 0.15) is 11.0 Å². The number of benzene rings is 1. The minimum absolute atomic E-state index is 0.102. The van der Waals surface area contributed by atoms with Crippen molar-refractivity contribution >= 4 is 34.4 Å². The highest BCUT2D eigenvalue weighted by Crippen LogP contribution is 2.24. The first-order valence-electron chi connectivity index (χ1n) is 7.51. The fourth-order valence-corrected chi connectivity index (χ4v) is 3.22. The van der Waals surface area contributed by atoms with Crippen LogP contribution in [0.4, 0.5) is 5.69 Å². The molecule has 124 valence electrons. The molecule has 1 aromatic carbocycles. The van der Waals surface area contributed by atoms with Gasteiger partial charge >= 0.3 is 0 Å². The van der Waals surface area contributed by atoms with Crippen LogP contribution in [0.5, 0.6) is 0 Å². The summed E-state index contributed by atoms with van der Waals surface area (Å²) >= 11 is 1.27. The lowest BCUT2D eigenvalue weighted by Gasteiger charge is -2.09. The second kappa shape index (κ2) is 7.35. The van der Waals surface area contributed by atoms with Crippen LogP contribution in [0.3, 0.4) is 0 Å². The van der Waals surface area contributed by atoms with Crippen LogP contribution in [0.15, 0.2) is 52.1 Å².